The van der Waals surface area contributed by atoms with Crippen molar-refractivity contribution in [2.24, 2.45) is 120 Å². The van der Waals surface area contributed by atoms with Crippen molar-refractivity contribution in [1.82, 2.24) is 10.2 Å². The third-order valence-corrected chi connectivity index (χ3v) is 34.8. The maximum atomic E-state index is 17.7. The highest BCUT2D eigenvalue weighted by Gasteiger charge is 3.03. The molecular weight excluding hydrogens is 1180 g/mol. The number of nitrogens with zero attached hydrogens (tertiary/aromatic N) is 1. The number of fused-ring (bicyclic) bond motifs is 8. The van der Waals surface area contributed by atoms with E-state index < -0.39 is 97.4 Å². The van der Waals surface area contributed by atoms with Crippen molar-refractivity contribution < 1.29 is 53.1 Å². The molecule has 4 N–H and O–H groups in total. The Morgan fingerprint density at radius 3 is 2.62 bits per heavy atom. The number of epoxide rings is 1. The van der Waals surface area contributed by atoms with Crippen LogP contribution in [0.25, 0.3) is 0 Å². The molecule has 15 fully saturated rings. The first-order valence-electron chi connectivity index (χ1n) is 38.0. The van der Waals surface area contributed by atoms with Gasteiger partial charge in [-0.3, -0.25) is 14.9 Å². The minimum atomic E-state index is -1.57. The first kappa shape index (κ1) is 57.4. The largest absolute Gasteiger partial charge is 0.469 e. The van der Waals surface area contributed by atoms with Crippen molar-refractivity contribution >= 4 is 17.7 Å². The zero-order chi connectivity index (χ0) is 63.0. The smallest absolute Gasteiger partial charge is 0.339 e. The SMILES string of the molecule is C[C@]12C[C@@H]3C[C@@]45[C@H]6CC7=CC[C@]8(C)O[C@@]79[C@]7(COC(=O)[C@]94C=C[C@H](C6)[C@]54CC[C@]5(CCCC56CCCC6)C4)[C@@H]3[C@]3([C@H](O)C(=O)[C@@H]78)[C@H]4C[C@H](Cc5ccccc5)CC[C@H]4C#C[C@@H]4CCc5coc(C[C@@H]([C@@H]6CC[C@@H]7[C@H](C=CN8CNC[C@@H]78)C6)[C@H](O)CO)c5[C@@]41OC(=O)[C@H]1O[C@@]132. The van der Waals surface area contributed by atoms with Gasteiger partial charge in [-0.05, 0) is 240 Å². The number of carbonyl (C=O) groups excluding carboxylic acids is 3. The first-order valence-corrected chi connectivity index (χ1v) is 38.0. The molecule has 10 spiro atoms. The molecule has 0 unspecified atom stereocenters. The second kappa shape index (κ2) is 18.1. The Morgan fingerprint density at radius 2 is 1.76 bits per heavy atom. The van der Waals surface area contributed by atoms with Crippen LogP contribution in [-0.2, 0) is 58.2 Å². The monoisotopic (exact) mass is 1270 g/mol. The van der Waals surface area contributed by atoms with Gasteiger partial charge in [-0.1, -0.05) is 92.7 Å². The van der Waals surface area contributed by atoms with E-state index in [9.17, 15) is 10.2 Å². The van der Waals surface area contributed by atoms with Gasteiger partial charge in [0.1, 0.15) is 35.1 Å². The molecule has 10 bridgehead atoms. The van der Waals surface area contributed by atoms with Gasteiger partial charge in [-0.2, -0.15) is 0 Å². The van der Waals surface area contributed by atoms with Crippen LogP contribution >= 0.6 is 0 Å². The third kappa shape index (κ3) is 5.81. The fourth-order valence-corrected chi connectivity index (χ4v) is 32.7. The predicted molar refractivity (Wildman–Crippen MR) is 344 cm³/mol. The van der Waals surface area contributed by atoms with Gasteiger partial charge in [0, 0.05) is 46.7 Å². The van der Waals surface area contributed by atoms with Gasteiger partial charge in [-0.15, -0.1) is 0 Å². The highest BCUT2D eigenvalue weighted by molar-refractivity contribution is 5.96. The van der Waals surface area contributed by atoms with Gasteiger partial charge in [0.25, 0.3) is 0 Å². The average Bonchev–Trinajstić information content (AvgIpc) is 1.40. The van der Waals surface area contributed by atoms with Crippen LogP contribution in [0.4, 0.5) is 0 Å². The molecule has 20 aliphatic rings. The van der Waals surface area contributed by atoms with Crippen molar-refractivity contribution in [1.29, 1.82) is 0 Å². The molecule has 0 radical (unpaired) electrons. The number of hydrogen-bond acceptors (Lipinski definition) is 13. The lowest BCUT2D eigenvalue weighted by Gasteiger charge is -2.75. The van der Waals surface area contributed by atoms with Crippen molar-refractivity contribution in [2.75, 3.05) is 26.4 Å². The molecule has 13 nitrogen and oxygen atoms in total. The summed E-state index contributed by atoms with van der Waals surface area (Å²) in [6.45, 7) is 6.01. The fourth-order valence-electron chi connectivity index (χ4n) is 32.7. The first-order chi connectivity index (χ1) is 45.6. The van der Waals surface area contributed by atoms with Gasteiger partial charge in [-0.25, -0.2) is 4.79 Å². The molecule has 1 aromatic carbocycles. The van der Waals surface area contributed by atoms with Gasteiger partial charge >= 0.3 is 11.9 Å². The van der Waals surface area contributed by atoms with E-state index in [1.165, 1.54) is 62.5 Å². The molecule has 13 aliphatic carbocycles. The molecule has 2 aromatic rings. The number of carbonyl (C=O) groups is 3. The highest BCUT2D eigenvalue weighted by atomic mass is 16.7. The lowest BCUT2D eigenvalue weighted by molar-refractivity contribution is -0.325. The highest BCUT2D eigenvalue weighted by Crippen LogP contribution is 2.96. The second-order valence-corrected chi connectivity index (χ2v) is 36.6. The van der Waals surface area contributed by atoms with Crippen LogP contribution in [0, 0.1) is 132 Å². The Kier molecular flexibility index (Phi) is 11.0. The molecule has 10 saturated carbocycles. The zero-order valence-corrected chi connectivity index (χ0v) is 55.2. The molecule has 28 atom stereocenters. The van der Waals surface area contributed by atoms with Crippen LogP contribution in [0.2, 0.25) is 0 Å². The number of Topliss-reactive ketones (excluding diaryl/α,β-unsaturated/α-hetero) is 1. The molecule has 22 rings (SSSR count). The Hall–Kier alpha value is -4.55. The number of hydrogen-bond donors (Lipinski definition) is 4. The van der Waals surface area contributed by atoms with Gasteiger partial charge in [0.2, 0.25) is 0 Å². The Bertz CT molecular complexity index is 3870. The number of aliphatic hydroxyl groups excluding tert-OH is 3. The molecule has 1 aromatic heterocycles. The molecule has 13 heteroatoms. The van der Waals surface area contributed by atoms with Crippen molar-refractivity contribution in [2.45, 2.75) is 221 Å². The molecule has 0 amide bonds. The summed E-state index contributed by atoms with van der Waals surface area (Å²) in [4.78, 5) is 53.8. The summed E-state index contributed by atoms with van der Waals surface area (Å²) in [5.74, 6) is 6.52. The van der Waals surface area contributed by atoms with E-state index in [0.29, 0.717) is 67.6 Å². The summed E-state index contributed by atoms with van der Waals surface area (Å²) in [6, 6.07) is 11.3. The summed E-state index contributed by atoms with van der Waals surface area (Å²) in [5, 5.41) is 42.4. The number of ether oxygens (including phenoxy) is 4. The van der Waals surface area contributed by atoms with E-state index in [2.05, 4.69) is 96.7 Å². The Morgan fingerprint density at radius 1 is 0.904 bits per heavy atom. The number of cyclic esters (lactones) is 1. The summed E-state index contributed by atoms with van der Waals surface area (Å²) in [6.07, 6.45) is 34.0. The van der Waals surface area contributed by atoms with E-state index in [1.807, 2.05) is 6.26 Å². The number of ketones is 1. The standard InChI is InChI=1S/C81H96N2O11/c1-70-26-19-54-35-55-34-53-20-27-76-69(89)91-43-75(80(54,76)94-70)64-51(38-77(55,76)74(53)29-28-73(42-74)25-8-24-72(73)22-6-7-23-72)37-71(2)79-52(17-14-50-41-90-61(62(50)79)36-57(60(85)40-84)48-15-18-56-49(33-48)21-30-83-44-82-39-59(56)83)16-13-47-12-11-46(31-45-9-4-3-5-10-45)32-58(47)78(64,66(87)63(86)65(70)75)81(71)67(92-81)68(88)93-79/h3-5,9-10,19-21,27,30,41,46-49,51-53,55-60,64-67,82,84-85,87H,6-8,11-12,14-15,17-18,22-26,28-29,31-40,42-44H2,1-2H3/t46-,47-,48+,49+,51+,52+,53+,55+,56+,57-,58-,59-,60+,64+,65+,66+,67+,70-,71-,73+,74+,75+,76-,77-,78-,79-,80+,81+/m0/s1. The van der Waals surface area contributed by atoms with E-state index in [1.54, 1.807) is 0 Å². The van der Waals surface area contributed by atoms with Crippen LogP contribution in [0.15, 0.2) is 77.1 Å². The van der Waals surface area contributed by atoms with Gasteiger partial charge in [0.05, 0.1) is 48.5 Å². The number of furan rings is 1. The Balaban J connectivity index is 0.799. The van der Waals surface area contributed by atoms with E-state index >= 15 is 19.5 Å². The molecule has 8 heterocycles. The minimum absolute atomic E-state index is 0.00969. The van der Waals surface area contributed by atoms with Crippen LogP contribution in [0.5, 0.6) is 0 Å². The molecular formula is C81H96N2O11. The molecule has 7 aliphatic heterocycles. The zero-order valence-electron chi connectivity index (χ0n) is 55.2. The normalized spacial score (nSPS) is 54.5. The summed E-state index contributed by atoms with van der Waals surface area (Å²) in [7, 11) is 0. The summed E-state index contributed by atoms with van der Waals surface area (Å²) in [5.41, 5.74) is -6.36. The van der Waals surface area contributed by atoms with E-state index in [0.717, 1.165) is 95.0 Å². The number of benzene rings is 1. The fraction of sp³-hybridized carbons (Fsp3) is 0.741. The van der Waals surface area contributed by atoms with Crippen molar-refractivity contribution in [3.63, 3.8) is 0 Å². The quantitative estimate of drug-likeness (QED) is 0.0891. The number of allylic oxidation sites excluding steroid dienone is 2. The summed E-state index contributed by atoms with van der Waals surface area (Å²) < 4.78 is 38.9. The number of esters is 2. The molecule has 94 heavy (non-hydrogen) atoms. The number of aryl methyl sites for hydroxylation is 1. The van der Waals surface area contributed by atoms with E-state index in [-0.39, 0.29) is 77.2 Å². The van der Waals surface area contributed by atoms with Crippen LogP contribution in [-0.4, -0.2) is 106 Å². The lowest BCUT2D eigenvalue weighted by Crippen LogP contribution is -2.85. The van der Waals surface area contributed by atoms with Crippen LogP contribution in [0.1, 0.15) is 178 Å². The Labute approximate surface area is 553 Å². The minimum Gasteiger partial charge on any atom is -0.469 e. The maximum Gasteiger partial charge on any atom is 0.339 e. The van der Waals surface area contributed by atoms with Crippen molar-refractivity contribution in [3.8, 4) is 11.8 Å². The second-order valence-electron chi connectivity index (χ2n) is 36.6. The van der Waals surface area contributed by atoms with E-state index in [4.69, 9.17) is 23.4 Å². The third-order valence-electron chi connectivity index (χ3n) is 34.8. The number of rotatable bonds is 7. The maximum absolute atomic E-state index is 17.7. The summed E-state index contributed by atoms with van der Waals surface area (Å²) >= 11 is 0. The van der Waals surface area contributed by atoms with Gasteiger partial charge < -0.3 is 43.6 Å². The van der Waals surface area contributed by atoms with Crippen LogP contribution < -0.4 is 5.32 Å². The molecule has 5 saturated heterocycles. The average molecular weight is 1270 g/mol. The van der Waals surface area contributed by atoms with Crippen molar-refractivity contribution in [3.05, 3.63) is 95.1 Å². The molecule has 496 valence electrons. The number of aliphatic hydroxyl groups is 3. The van der Waals surface area contributed by atoms with Gasteiger partial charge in [0.15, 0.2) is 17.5 Å². The number of nitrogens with one attached hydrogen (secondary N) is 1. The predicted octanol–water partition coefficient (Wildman–Crippen LogP) is 10.8. The topological polar surface area (TPSA) is 181 Å². The van der Waals surface area contributed by atoms with Crippen LogP contribution in [0.3, 0.4) is 0 Å². The lowest BCUT2D eigenvalue weighted by atomic mass is 9.27.